The Morgan fingerprint density at radius 1 is 1.36 bits per heavy atom. The first kappa shape index (κ1) is 19.1. The molecule has 2 aromatic rings. The third-order valence-electron chi connectivity index (χ3n) is 3.91. The normalized spacial score (nSPS) is 12.5. The lowest BCUT2D eigenvalue weighted by Crippen LogP contribution is -2.16. The molecule has 0 aromatic carbocycles. The summed E-state index contributed by atoms with van der Waals surface area (Å²) in [4.78, 5) is 25.1. The molecule has 0 aliphatic heterocycles. The van der Waals surface area contributed by atoms with Crippen LogP contribution in [0.15, 0.2) is 29.7 Å². The van der Waals surface area contributed by atoms with E-state index >= 15 is 0 Å². The van der Waals surface area contributed by atoms with Crippen molar-refractivity contribution in [2.75, 3.05) is 20.3 Å². The first-order chi connectivity index (χ1) is 11.9. The zero-order chi connectivity index (χ0) is 18.4. The van der Waals surface area contributed by atoms with E-state index in [9.17, 15) is 9.59 Å². The summed E-state index contributed by atoms with van der Waals surface area (Å²) in [5, 5.41) is 1.93. The predicted molar refractivity (Wildman–Crippen MR) is 99.1 cm³/mol. The van der Waals surface area contributed by atoms with Gasteiger partial charge in [-0.3, -0.25) is 4.79 Å². The number of esters is 1. The van der Waals surface area contributed by atoms with Crippen molar-refractivity contribution in [1.29, 1.82) is 0 Å². The second-order valence-electron chi connectivity index (χ2n) is 5.84. The van der Waals surface area contributed by atoms with Gasteiger partial charge in [-0.25, -0.2) is 4.79 Å². The quantitative estimate of drug-likeness (QED) is 0.407. The number of aryl methyl sites for hydroxylation is 1. The fraction of sp³-hybridized carbons (Fsp3) is 0.368. The van der Waals surface area contributed by atoms with Crippen LogP contribution in [0.1, 0.15) is 39.6 Å². The van der Waals surface area contributed by atoms with Crippen LogP contribution in [-0.4, -0.2) is 36.6 Å². The van der Waals surface area contributed by atoms with Crippen LogP contribution in [0.25, 0.3) is 6.08 Å². The number of hydrogen-bond donors (Lipinski definition) is 0. The van der Waals surface area contributed by atoms with Gasteiger partial charge in [-0.1, -0.05) is 6.07 Å². The molecule has 25 heavy (non-hydrogen) atoms. The molecule has 0 spiro atoms. The number of ether oxygens (including phenoxy) is 2. The van der Waals surface area contributed by atoms with E-state index in [1.165, 1.54) is 17.4 Å². The summed E-state index contributed by atoms with van der Waals surface area (Å²) in [5.74, 6) is -0.731. The van der Waals surface area contributed by atoms with Crippen LogP contribution in [0.2, 0.25) is 0 Å². The van der Waals surface area contributed by atoms with E-state index in [0.29, 0.717) is 12.2 Å². The van der Waals surface area contributed by atoms with Gasteiger partial charge in [-0.2, -0.15) is 0 Å². The molecule has 0 N–H and O–H groups in total. The van der Waals surface area contributed by atoms with Gasteiger partial charge < -0.3 is 14.0 Å². The number of aromatic nitrogens is 1. The minimum atomic E-state index is -0.525. The molecule has 2 rings (SSSR count). The highest BCUT2D eigenvalue weighted by Gasteiger charge is 2.19. The van der Waals surface area contributed by atoms with Gasteiger partial charge in [-0.15, -0.1) is 11.3 Å². The Morgan fingerprint density at radius 2 is 2.12 bits per heavy atom. The zero-order valence-corrected chi connectivity index (χ0v) is 15.8. The maximum atomic E-state index is 12.4. The first-order valence-corrected chi connectivity index (χ1v) is 8.91. The maximum absolute atomic E-state index is 12.4. The molecule has 1 atom stereocenters. The van der Waals surface area contributed by atoms with E-state index in [-0.39, 0.29) is 18.4 Å². The zero-order valence-electron chi connectivity index (χ0n) is 14.9. The number of carbonyl (C=O) groups is 2. The van der Waals surface area contributed by atoms with E-state index < -0.39 is 5.97 Å². The van der Waals surface area contributed by atoms with Gasteiger partial charge in [0, 0.05) is 35.0 Å². The number of rotatable bonds is 8. The third-order valence-corrected chi connectivity index (χ3v) is 4.74. The molecule has 0 aliphatic carbocycles. The van der Waals surface area contributed by atoms with Crippen molar-refractivity contribution >= 4 is 29.2 Å². The smallest absolute Gasteiger partial charge is 0.331 e. The molecule has 0 aliphatic rings. The summed E-state index contributed by atoms with van der Waals surface area (Å²) in [5.41, 5.74) is 2.42. The molecule has 0 bridgehead atoms. The molecule has 0 saturated carbocycles. The van der Waals surface area contributed by atoms with Gasteiger partial charge in [0.1, 0.15) is 0 Å². The molecule has 0 radical (unpaired) electrons. The molecule has 134 valence electrons. The first-order valence-electron chi connectivity index (χ1n) is 8.03. The number of methoxy groups -OCH3 is 1. The molecule has 0 unspecified atom stereocenters. The van der Waals surface area contributed by atoms with Crippen molar-refractivity contribution in [3.8, 4) is 0 Å². The molecule has 2 aromatic heterocycles. The van der Waals surface area contributed by atoms with E-state index in [1.54, 1.807) is 13.2 Å². The highest BCUT2D eigenvalue weighted by atomic mass is 32.1. The standard InChI is InChI=1S/C19H23NO4S/c1-13-10-17(15(3)20(13)14(2)11-23-4)18(21)12-24-19(22)8-7-16-6-5-9-25-16/h5-10,14H,11-12H2,1-4H3/b8-7+/t14-/m1/s1. The van der Waals surface area contributed by atoms with Gasteiger partial charge >= 0.3 is 5.97 Å². The summed E-state index contributed by atoms with van der Waals surface area (Å²) in [6.45, 7) is 6.17. The number of carbonyl (C=O) groups excluding carboxylic acids is 2. The maximum Gasteiger partial charge on any atom is 0.331 e. The van der Waals surface area contributed by atoms with Crippen LogP contribution in [0.5, 0.6) is 0 Å². The Balaban J connectivity index is 1.99. The Kier molecular flexibility index (Phi) is 6.73. The Morgan fingerprint density at radius 3 is 2.76 bits per heavy atom. The number of Topliss-reactive ketones (excluding diaryl/α,β-unsaturated/α-hetero) is 1. The lowest BCUT2D eigenvalue weighted by atomic mass is 10.1. The van der Waals surface area contributed by atoms with Crippen molar-refractivity contribution < 1.29 is 19.1 Å². The van der Waals surface area contributed by atoms with E-state index in [4.69, 9.17) is 9.47 Å². The van der Waals surface area contributed by atoms with Crippen molar-refractivity contribution in [2.45, 2.75) is 26.8 Å². The number of hydrogen-bond acceptors (Lipinski definition) is 5. The van der Waals surface area contributed by atoms with E-state index in [2.05, 4.69) is 4.57 Å². The summed E-state index contributed by atoms with van der Waals surface area (Å²) >= 11 is 1.52. The Labute approximate surface area is 151 Å². The van der Waals surface area contributed by atoms with Crippen molar-refractivity contribution in [2.24, 2.45) is 0 Å². The van der Waals surface area contributed by atoms with Crippen LogP contribution in [0, 0.1) is 13.8 Å². The minimum absolute atomic E-state index is 0.128. The topological polar surface area (TPSA) is 57.5 Å². The van der Waals surface area contributed by atoms with Crippen molar-refractivity contribution in [3.63, 3.8) is 0 Å². The highest BCUT2D eigenvalue weighted by molar-refractivity contribution is 7.10. The average molecular weight is 361 g/mol. The van der Waals surface area contributed by atoms with Gasteiger partial charge in [0.25, 0.3) is 0 Å². The highest BCUT2D eigenvalue weighted by Crippen LogP contribution is 2.21. The predicted octanol–water partition coefficient (Wildman–Crippen LogP) is 3.81. The largest absolute Gasteiger partial charge is 0.454 e. The summed E-state index contributed by atoms with van der Waals surface area (Å²) < 4.78 is 12.3. The van der Waals surface area contributed by atoms with E-state index in [1.807, 2.05) is 44.4 Å². The van der Waals surface area contributed by atoms with Crippen molar-refractivity contribution in [3.05, 3.63) is 51.5 Å². The molecule has 6 heteroatoms. The molecule has 5 nitrogen and oxygen atoms in total. The fourth-order valence-corrected chi connectivity index (χ4v) is 3.47. The SMILES string of the molecule is COC[C@@H](C)n1c(C)cc(C(=O)COC(=O)/C=C/c2cccs2)c1C. The van der Waals surface area contributed by atoms with Crippen LogP contribution in [0.4, 0.5) is 0 Å². The summed E-state index contributed by atoms with van der Waals surface area (Å²) in [6, 6.07) is 5.76. The van der Waals surface area contributed by atoms with Crippen LogP contribution in [-0.2, 0) is 14.3 Å². The minimum Gasteiger partial charge on any atom is -0.454 e. The number of nitrogens with zero attached hydrogens (tertiary/aromatic N) is 1. The number of thiophene rings is 1. The second-order valence-corrected chi connectivity index (χ2v) is 6.82. The third kappa shape index (κ3) is 4.90. The average Bonchev–Trinajstić information content (AvgIpc) is 3.18. The fourth-order valence-electron chi connectivity index (χ4n) is 2.85. The lowest BCUT2D eigenvalue weighted by Gasteiger charge is -2.17. The Hall–Kier alpha value is -2.18. The lowest BCUT2D eigenvalue weighted by molar-refractivity contribution is -0.136. The van der Waals surface area contributed by atoms with Crippen molar-refractivity contribution in [1.82, 2.24) is 4.57 Å². The van der Waals surface area contributed by atoms with Gasteiger partial charge in [0.05, 0.1) is 12.6 Å². The van der Waals surface area contributed by atoms with Crippen LogP contribution < -0.4 is 0 Å². The Bertz CT molecular complexity index is 759. The van der Waals surface area contributed by atoms with Crippen LogP contribution >= 0.6 is 11.3 Å². The number of ketones is 1. The second kappa shape index (κ2) is 8.78. The van der Waals surface area contributed by atoms with Gasteiger partial charge in [0.15, 0.2) is 6.61 Å². The molecule has 2 heterocycles. The van der Waals surface area contributed by atoms with Crippen LogP contribution in [0.3, 0.4) is 0 Å². The summed E-state index contributed by atoms with van der Waals surface area (Å²) in [6.07, 6.45) is 3.01. The van der Waals surface area contributed by atoms with Gasteiger partial charge in [0.2, 0.25) is 5.78 Å². The molecular weight excluding hydrogens is 338 g/mol. The van der Waals surface area contributed by atoms with Gasteiger partial charge in [-0.05, 0) is 44.4 Å². The monoisotopic (exact) mass is 361 g/mol. The molecular formula is C19H23NO4S. The molecule has 0 saturated heterocycles. The summed E-state index contributed by atoms with van der Waals surface area (Å²) in [7, 11) is 1.65. The molecule has 0 fully saturated rings. The van der Waals surface area contributed by atoms with E-state index in [0.717, 1.165) is 16.3 Å². The molecule has 0 amide bonds.